The van der Waals surface area contributed by atoms with E-state index in [2.05, 4.69) is 6.07 Å². The molecule has 0 atom stereocenters. The summed E-state index contributed by atoms with van der Waals surface area (Å²) in [6.45, 7) is 0. The molecule has 2 nitrogen and oxygen atoms in total. The van der Waals surface area contributed by atoms with Gasteiger partial charge in [0.1, 0.15) is 0 Å². The number of benzene rings is 1. The summed E-state index contributed by atoms with van der Waals surface area (Å²) in [7, 11) is 0. The Balaban J connectivity index is 2.04. The normalized spacial score (nSPS) is 15.1. The third-order valence-corrected chi connectivity index (χ3v) is 2.46. The van der Waals surface area contributed by atoms with Gasteiger partial charge in [-0.3, -0.25) is 4.79 Å². The predicted octanol–water partition coefficient (Wildman–Crippen LogP) is 2.55. The maximum absolute atomic E-state index is 11.4. The minimum absolute atomic E-state index is 0.222. The molecule has 0 saturated heterocycles. The molecule has 1 saturated carbocycles. The van der Waals surface area contributed by atoms with E-state index in [1.807, 2.05) is 18.2 Å². The molecular formula is C13H11NO. The van der Waals surface area contributed by atoms with E-state index in [4.69, 9.17) is 5.26 Å². The minimum atomic E-state index is 0.222. The van der Waals surface area contributed by atoms with E-state index in [-0.39, 0.29) is 11.7 Å². The Morgan fingerprint density at radius 3 is 2.53 bits per heavy atom. The average Bonchev–Trinajstić information content (AvgIpc) is 3.10. The van der Waals surface area contributed by atoms with Gasteiger partial charge in [-0.05, 0) is 36.6 Å². The van der Waals surface area contributed by atoms with Crippen molar-refractivity contribution in [2.45, 2.75) is 12.8 Å². The zero-order valence-electron chi connectivity index (χ0n) is 8.31. The van der Waals surface area contributed by atoms with Crippen molar-refractivity contribution in [3.05, 3.63) is 41.5 Å². The SMILES string of the molecule is N#Cc1ccc(C=CC(=O)C2CC2)cc1. The highest BCUT2D eigenvalue weighted by Gasteiger charge is 2.27. The Kier molecular flexibility index (Phi) is 2.64. The van der Waals surface area contributed by atoms with Crippen LogP contribution in [0.2, 0.25) is 0 Å². The number of hydrogen-bond acceptors (Lipinski definition) is 2. The molecule has 1 fully saturated rings. The minimum Gasteiger partial charge on any atom is -0.295 e. The van der Waals surface area contributed by atoms with Gasteiger partial charge in [-0.25, -0.2) is 0 Å². The molecule has 0 aliphatic heterocycles. The number of hydrogen-bond donors (Lipinski definition) is 0. The van der Waals surface area contributed by atoms with Gasteiger partial charge < -0.3 is 0 Å². The summed E-state index contributed by atoms with van der Waals surface area (Å²) < 4.78 is 0. The number of nitriles is 1. The molecule has 0 spiro atoms. The molecule has 1 aromatic rings. The number of carbonyl (C=O) groups is 1. The van der Waals surface area contributed by atoms with E-state index >= 15 is 0 Å². The maximum Gasteiger partial charge on any atom is 0.158 e. The number of allylic oxidation sites excluding steroid dienone is 1. The van der Waals surface area contributed by atoms with Gasteiger partial charge in [-0.2, -0.15) is 5.26 Å². The molecule has 0 unspecified atom stereocenters. The highest BCUT2D eigenvalue weighted by molar-refractivity contribution is 5.96. The van der Waals surface area contributed by atoms with Gasteiger partial charge in [0.2, 0.25) is 0 Å². The zero-order valence-corrected chi connectivity index (χ0v) is 8.31. The fourth-order valence-corrected chi connectivity index (χ4v) is 1.35. The largest absolute Gasteiger partial charge is 0.295 e. The molecule has 0 heterocycles. The van der Waals surface area contributed by atoms with Crippen LogP contribution in [0.4, 0.5) is 0 Å². The molecule has 0 N–H and O–H groups in total. The van der Waals surface area contributed by atoms with Crippen LogP contribution in [0.5, 0.6) is 0 Å². The van der Waals surface area contributed by atoms with E-state index < -0.39 is 0 Å². The van der Waals surface area contributed by atoms with Gasteiger partial charge in [0.25, 0.3) is 0 Å². The number of carbonyl (C=O) groups excluding carboxylic acids is 1. The second-order valence-electron chi connectivity index (χ2n) is 3.74. The van der Waals surface area contributed by atoms with Crippen LogP contribution in [0.1, 0.15) is 24.0 Å². The summed E-state index contributed by atoms with van der Waals surface area (Å²) in [6.07, 6.45) is 5.52. The first-order chi connectivity index (χ1) is 7.29. The van der Waals surface area contributed by atoms with Crippen molar-refractivity contribution in [3.63, 3.8) is 0 Å². The fourth-order valence-electron chi connectivity index (χ4n) is 1.35. The van der Waals surface area contributed by atoms with Crippen molar-refractivity contribution in [2.24, 2.45) is 5.92 Å². The molecule has 0 amide bonds. The monoisotopic (exact) mass is 197 g/mol. The Morgan fingerprint density at radius 1 is 1.33 bits per heavy atom. The van der Waals surface area contributed by atoms with Crippen LogP contribution in [0.25, 0.3) is 6.08 Å². The van der Waals surface area contributed by atoms with Crippen molar-refractivity contribution in [3.8, 4) is 6.07 Å². The Morgan fingerprint density at radius 2 is 2.00 bits per heavy atom. The second kappa shape index (κ2) is 4.10. The Hall–Kier alpha value is -1.88. The molecule has 15 heavy (non-hydrogen) atoms. The van der Waals surface area contributed by atoms with Crippen LogP contribution in [0, 0.1) is 17.2 Å². The fraction of sp³-hybridized carbons (Fsp3) is 0.231. The molecule has 1 aromatic carbocycles. The smallest absolute Gasteiger partial charge is 0.158 e. The van der Waals surface area contributed by atoms with Crippen LogP contribution in [0.3, 0.4) is 0 Å². The highest BCUT2D eigenvalue weighted by atomic mass is 16.1. The molecule has 1 aliphatic rings. The molecule has 2 heteroatoms. The molecule has 0 radical (unpaired) electrons. The lowest BCUT2D eigenvalue weighted by atomic mass is 10.1. The topological polar surface area (TPSA) is 40.9 Å². The quantitative estimate of drug-likeness (QED) is 0.699. The van der Waals surface area contributed by atoms with E-state index in [9.17, 15) is 4.79 Å². The van der Waals surface area contributed by atoms with Gasteiger partial charge in [-0.15, -0.1) is 0 Å². The number of ketones is 1. The third kappa shape index (κ3) is 2.54. The van der Waals surface area contributed by atoms with Gasteiger partial charge >= 0.3 is 0 Å². The van der Waals surface area contributed by atoms with Gasteiger partial charge in [-0.1, -0.05) is 18.2 Å². The van der Waals surface area contributed by atoms with E-state index in [1.54, 1.807) is 18.2 Å². The molecule has 0 bridgehead atoms. The van der Waals surface area contributed by atoms with Gasteiger partial charge in [0, 0.05) is 5.92 Å². The molecule has 2 rings (SSSR count). The number of nitrogens with zero attached hydrogens (tertiary/aromatic N) is 1. The van der Waals surface area contributed by atoms with E-state index in [0.717, 1.165) is 18.4 Å². The van der Waals surface area contributed by atoms with Crippen molar-refractivity contribution in [1.82, 2.24) is 0 Å². The molecule has 74 valence electrons. The molecule has 0 aromatic heterocycles. The average molecular weight is 197 g/mol. The zero-order chi connectivity index (χ0) is 10.7. The van der Waals surface area contributed by atoms with Gasteiger partial charge in [0.15, 0.2) is 5.78 Å². The molecule has 1 aliphatic carbocycles. The predicted molar refractivity (Wildman–Crippen MR) is 57.9 cm³/mol. The van der Waals surface area contributed by atoms with E-state index in [1.165, 1.54) is 0 Å². The number of rotatable bonds is 3. The van der Waals surface area contributed by atoms with E-state index in [0.29, 0.717) is 5.56 Å². The lowest BCUT2D eigenvalue weighted by Crippen LogP contribution is -1.93. The molecular weight excluding hydrogens is 186 g/mol. The van der Waals surface area contributed by atoms with Gasteiger partial charge in [0.05, 0.1) is 11.6 Å². The Bertz CT molecular complexity index is 433. The lowest BCUT2D eigenvalue weighted by Gasteiger charge is -1.92. The first kappa shape index (κ1) is 9.67. The van der Waals surface area contributed by atoms with Crippen LogP contribution in [-0.2, 0) is 4.79 Å². The summed E-state index contributed by atoms with van der Waals surface area (Å²) in [5.41, 5.74) is 1.60. The van der Waals surface area contributed by atoms with Crippen molar-refractivity contribution >= 4 is 11.9 Å². The first-order valence-corrected chi connectivity index (χ1v) is 5.01. The summed E-state index contributed by atoms with van der Waals surface area (Å²) >= 11 is 0. The first-order valence-electron chi connectivity index (χ1n) is 5.01. The maximum atomic E-state index is 11.4. The van der Waals surface area contributed by atoms with Crippen LogP contribution in [-0.4, -0.2) is 5.78 Å². The third-order valence-electron chi connectivity index (χ3n) is 2.46. The highest BCUT2D eigenvalue weighted by Crippen LogP contribution is 2.30. The van der Waals surface area contributed by atoms with Crippen LogP contribution >= 0.6 is 0 Å². The second-order valence-corrected chi connectivity index (χ2v) is 3.74. The summed E-state index contributed by atoms with van der Waals surface area (Å²) in [5.74, 6) is 0.499. The van der Waals surface area contributed by atoms with Crippen LogP contribution in [0.15, 0.2) is 30.3 Å². The van der Waals surface area contributed by atoms with Crippen molar-refractivity contribution < 1.29 is 4.79 Å². The standard InChI is InChI=1S/C13H11NO/c14-9-11-3-1-10(2-4-11)5-8-13(15)12-6-7-12/h1-5,8,12H,6-7H2. The summed E-state index contributed by atoms with van der Waals surface area (Å²) in [5, 5.41) is 8.61. The van der Waals surface area contributed by atoms with Crippen LogP contribution < -0.4 is 0 Å². The summed E-state index contributed by atoms with van der Waals surface area (Å²) in [4.78, 5) is 11.4. The van der Waals surface area contributed by atoms with Crippen molar-refractivity contribution in [2.75, 3.05) is 0 Å². The summed E-state index contributed by atoms with van der Waals surface area (Å²) in [6, 6.07) is 9.24. The lowest BCUT2D eigenvalue weighted by molar-refractivity contribution is -0.115. The Labute approximate surface area is 88.8 Å². The van der Waals surface area contributed by atoms with Crippen molar-refractivity contribution in [1.29, 1.82) is 5.26 Å².